The zero-order valence-corrected chi connectivity index (χ0v) is 14.2. The van der Waals surface area contributed by atoms with E-state index in [1.807, 2.05) is 0 Å². The SMILES string of the molecule is O=C(O)Oc1cn(C2CC2)c2c(F)c(N3CC4CC3CN4)c(F)cc2c1=O. The van der Waals surface area contributed by atoms with Gasteiger partial charge in [-0.05, 0) is 25.3 Å². The maximum Gasteiger partial charge on any atom is 0.511 e. The van der Waals surface area contributed by atoms with E-state index in [1.165, 1.54) is 10.8 Å². The molecule has 1 saturated carbocycles. The number of halogens is 2. The Kier molecular flexibility index (Phi) is 3.45. The second-order valence-corrected chi connectivity index (χ2v) is 7.39. The van der Waals surface area contributed by atoms with Crippen LogP contribution in [0.2, 0.25) is 0 Å². The molecule has 2 saturated heterocycles. The van der Waals surface area contributed by atoms with Crippen LogP contribution < -0.4 is 20.4 Å². The van der Waals surface area contributed by atoms with Crippen LogP contribution in [0.4, 0.5) is 19.3 Å². The first kappa shape index (κ1) is 16.5. The van der Waals surface area contributed by atoms with Gasteiger partial charge in [-0.3, -0.25) is 4.79 Å². The maximum atomic E-state index is 15.5. The number of anilines is 1. The molecule has 0 spiro atoms. The molecular weight excluding hydrogens is 360 g/mol. The van der Waals surface area contributed by atoms with Crippen molar-refractivity contribution in [2.45, 2.75) is 37.4 Å². The molecule has 3 aliphatic rings. The summed E-state index contributed by atoms with van der Waals surface area (Å²) in [7, 11) is 0. The Hall–Kier alpha value is -2.68. The van der Waals surface area contributed by atoms with Gasteiger partial charge in [0.25, 0.3) is 0 Å². The van der Waals surface area contributed by atoms with E-state index in [-0.39, 0.29) is 34.7 Å². The smallest absolute Gasteiger partial charge is 0.449 e. The molecule has 2 aliphatic heterocycles. The number of benzene rings is 1. The van der Waals surface area contributed by atoms with Crippen LogP contribution in [0.3, 0.4) is 0 Å². The summed E-state index contributed by atoms with van der Waals surface area (Å²) in [5.41, 5.74) is -0.942. The lowest BCUT2D eigenvalue weighted by Gasteiger charge is -2.30. The Morgan fingerprint density at radius 2 is 2.07 bits per heavy atom. The van der Waals surface area contributed by atoms with Gasteiger partial charge in [-0.15, -0.1) is 0 Å². The lowest BCUT2D eigenvalue weighted by atomic mass is 10.1. The molecule has 1 aliphatic carbocycles. The molecule has 0 amide bonds. The highest BCUT2D eigenvalue weighted by Gasteiger charge is 2.41. The van der Waals surface area contributed by atoms with Crippen molar-refractivity contribution in [2.24, 2.45) is 0 Å². The molecule has 3 heterocycles. The van der Waals surface area contributed by atoms with Crippen molar-refractivity contribution in [1.29, 1.82) is 0 Å². The first-order valence-corrected chi connectivity index (χ1v) is 8.91. The molecule has 2 N–H and O–H groups in total. The summed E-state index contributed by atoms with van der Waals surface area (Å²) in [6.45, 7) is 1.18. The zero-order chi connectivity index (χ0) is 18.9. The Labute approximate surface area is 152 Å². The summed E-state index contributed by atoms with van der Waals surface area (Å²) in [6.07, 6.45) is 1.95. The number of aromatic nitrogens is 1. The van der Waals surface area contributed by atoms with Gasteiger partial charge >= 0.3 is 6.16 Å². The molecule has 2 bridgehead atoms. The minimum absolute atomic E-state index is 0.00683. The van der Waals surface area contributed by atoms with E-state index in [0.29, 0.717) is 13.1 Å². The topological polar surface area (TPSA) is 83.8 Å². The number of nitrogens with zero attached hydrogens (tertiary/aromatic N) is 2. The Balaban J connectivity index is 1.75. The molecule has 27 heavy (non-hydrogen) atoms. The number of hydrogen-bond acceptors (Lipinski definition) is 5. The number of carbonyl (C=O) groups is 1. The monoisotopic (exact) mass is 377 g/mol. The summed E-state index contributed by atoms with van der Waals surface area (Å²) in [4.78, 5) is 25.2. The van der Waals surface area contributed by atoms with Crippen LogP contribution in [0.5, 0.6) is 5.75 Å². The van der Waals surface area contributed by atoms with Gasteiger partial charge in [-0.1, -0.05) is 0 Å². The van der Waals surface area contributed by atoms with E-state index in [9.17, 15) is 14.0 Å². The number of pyridine rings is 1. The second kappa shape index (κ2) is 5.66. The van der Waals surface area contributed by atoms with Crippen molar-refractivity contribution < 1.29 is 23.4 Å². The molecule has 0 radical (unpaired) electrons. The normalized spacial score (nSPS) is 24.0. The molecule has 7 nitrogen and oxygen atoms in total. The van der Waals surface area contributed by atoms with Crippen molar-refractivity contribution in [2.75, 3.05) is 18.0 Å². The molecule has 1 aromatic heterocycles. The highest BCUT2D eigenvalue weighted by atomic mass is 19.1. The third kappa shape index (κ3) is 2.48. The van der Waals surface area contributed by atoms with E-state index in [1.54, 1.807) is 4.90 Å². The molecule has 2 atom stereocenters. The number of ether oxygens (including phenoxy) is 1. The summed E-state index contributed by atoms with van der Waals surface area (Å²) < 4.78 is 36.4. The lowest BCUT2D eigenvalue weighted by molar-refractivity contribution is 0.143. The number of fused-ring (bicyclic) bond motifs is 3. The lowest BCUT2D eigenvalue weighted by Crippen LogP contribution is -2.44. The molecule has 9 heteroatoms. The third-order valence-corrected chi connectivity index (χ3v) is 5.63. The number of carboxylic acid groups (broad SMARTS) is 1. The van der Waals surface area contributed by atoms with Crippen molar-refractivity contribution in [1.82, 2.24) is 9.88 Å². The van der Waals surface area contributed by atoms with Crippen molar-refractivity contribution in [3.8, 4) is 5.75 Å². The molecule has 2 aromatic rings. The Morgan fingerprint density at radius 1 is 1.30 bits per heavy atom. The van der Waals surface area contributed by atoms with Crippen LogP contribution in [0.25, 0.3) is 10.9 Å². The minimum atomic E-state index is -1.65. The van der Waals surface area contributed by atoms with Gasteiger partial charge in [0, 0.05) is 31.2 Å². The second-order valence-electron chi connectivity index (χ2n) is 7.39. The number of rotatable bonds is 3. The standard InChI is InChI=1S/C18H17F2N3O4/c19-12-4-11-15(14(20)16(12)22-6-8-3-10(22)5-21-8)23(9-1-2-9)7-13(17(11)24)27-18(25)26/h4,7-10,21H,1-3,5-6H2,(H,25,26). The van der Waals surface area contributed by atoms with Crippen molar-refractivity contribution in [3.05, 3.63) is 34.1 Å². The summed E-state index contributed by atoms with van der Waals surface area (Å²) in [5.74, 6) is -2.04. The number of hydrogen-bond donors (Lipinski definition) is 2. The Bertz CT molecular complexity index is 1030. The molecule has 1 aromatic carbocycles. The molecule has 5 rings (SSSR count). The molecule has 142 valence electrons. The van der Waals surface area contributed by atoms with E-state index in [4.69, 9.17) is 5.11 Å². The largest absolute Gasteiger partial charge is 0.511 e. The predicted octanol–water partition coefficient (Wildman–Crippen LogP) is 2.22. The van der Waals surface area contributed by atoms with Crippen LogP contribution >= 0.6 is 0 Å². The molecule has 2 unspecified atom stereocenters. The molecule has 3 fully saturated rings. The van der Waals surface area contributed by atoms with Gasteiger partial charge in [0.15, 0.2) is 11.6 Å². The fourth-order valence-corrected chi connectivity index (χ4v) is 4.31. The first-order valence-electron chi connectivity index (χ1n) is 8.91. The number of nitrogens with one attached hydrogen (secondary N) is 1. The zero-order valence-electron chi connectivity index (χ0n) is 14.2. The van der Waals surface area contributed by atoms with E-state index in [2.05, 4.69) is 10.1 Å². The summed E-state index contributed by atoms with van der Waals surface area (Å²) in [6, 6.07) is 1.17. The van der Waals surface area contributed by atoms with Gasteiger partial charge in [-0.25, -0.2) is 13.6 Å². The summed E-state index contributed by atoms with van der Waals surface area (Å²) >= 11 is 0. The third-order valence-electron chi connectivity index (χ3n) is 5.63. The maximum absolute atomic E-state index is 15.5. The fourth-order valence-electron chi connectivity index (χ4n) is 4.31. The van der Waals surface area contributed by atoms with Gasteiger partial charge in [-0.2, -0.15) is 0 Å². The predicted molar refractivity (Wildman–Crippen MR) is 92.6 cm³/mol. The minimum Gasteiger partial charge on any atom is -0.449 e. The van der Waals surface area contributed by atoms with Gasteiger partial charge in [0.2, 0.25) is 5.43 Å². The van der Waals surface area contributed by atoms with Crippen molar-refractivity contribution in [3.63, 3.8) is 0 Å². The highest BCUT2D eigenvalue weighted by molar-refractivity contribution is 5.86. The summed E-state index contributed by atoms with van der Waals surface area (Å²) in [5, 5.41) is 11.9. The van der Waals surface area contributed by atoms with E-state index < -0.39 is 29.0 Å². The quantitative estimate of drug-likeness (QED) is 0.798. The fraction of sp³-hybridized carbons (Fsp3) is 0.444. The van der Waals surface area contributed by atoms with Crippen LogP contribution in [0.15, 0.2) is 17.1 Å². The molecular formula is C18H17F2N3O4. The van der Waals surface area contributed by atoms with Crippen LogP contribution in [-0.4, -0.2) is 41.0 Å². The van der Waals surface area contributed by atoms with E-state index >= 15 is 4.39 Å². The highest BCUT2D eigenvalue weighted by Crippen LogP contribution is 2.41. The van der Waals surface area contributed by atoms with Crippen LogP contribution in [0, 0.1) is 11.6 Å². The number of piperazine rings is 1. The van der Waals surface area contributed by atoms with Crippen LogP contribution in [0.1, 0.15) is 25.3 Å². The average Bonchev–Trinajstić information content (AvgIpc) is 3.24. The van der Waals surface area contributed by atoms with E-state index in [0.717, 1.165) is 25.3 Å². The first-order chi connectivity index (χ1) is 12.9. The van der Waals surface area contributed by atoms with Crippen LogP contribution in [-0.2, 0) is 0 Å². The van der Waals surface area contributed by atoms with Gasteiger partial charge in [0.05, 0.1) is 17.1 Å². The average molecular weight is 377 g/mol. The van der Waals surface area contributed by atoms with Gasteiger partial charge < -0.3 is 24.6 Å². The Morgan fingerprint density at radius 3 is 2.67 bits per heavy atom. The van der Waals surface area contributed by atoms with Gasteiger partial charge in [0.1, 0.15) is 11.5 Å². The van der Waals surface area contributed by atoms with Crippen molar-refractivity contribution >= 4 is 22.7 Å².